The number of amides is 2. The fourth-order valence-corrected chi connectivity index (χ4v) is 2.06. The van der Waals surface area contributed by atoms with E-state index in [1.54, 1.807) is 24.3 Å². The monoisotopic (exact) mass is 304 g/mol. The third-order valence-electron chi connectivity index (χ3n) is 2.99. The van der Waals surface area contributed by atoms with Crippen LogP contribution in [-0.4, -0.2) is 17.7 Å². The van der Waals surface area contributed by atoms with E-state index in [1.807, 2.05) is 24.3 Å². The number of nitrogens with one attached hydrogen (secondary N) is 2. The molecule has 0 aliphatic carbocycles. The van der Waals surface area contributed by atoms with Crippen LogP contribution < -0.4 is 10.6 Å². The number of benzene rings is 2. The van der Waals surface area contributed by atoms with Crippen LogP contribution in [-0.2, 0) is 13.0 Å². The van der Waals surface area contributed by atoms with E-state index in [9.17, 15) is 4.79 Å². The second kappa shape index (κ2) is 7.67. The van der Waals surface area contributed by atoms with E-state index >= 15 is 0 Å². The van der Waals surface area contributed by atoms with Crippen LogP contribution in [0.2, 0.25) is 5.02 Å². The van der Waals surface area contributed by atoms with Gasteiger partial charge in [0.15, 0.2) is 0 Å². The molecule has 0 radical (unpaired) electrons. The summed E-state index contributed by atoms with van der Waals surface area (Å²) in [5, 5.41) is 15.0. The summed E-state index contributed by atoms with van der Waals surface area (Å²) in [6.07, 6.45) is 0.731. The first-order valence-electron chi connectivity index (χ1n) is 6.66. The van der Waals surface area contributed by atoms with Crippen molar-refractivity contribution in [2.45, 2.75) is 13.0 Å². The van der Waals surface area contributed by atoms with Crippen LogP contribution in [0.3, 0.4) is 0 Å². The van der Waals surface area contributed by atoms with Crippen molar-refractivity contribution in [3.05, 3.63) is 64.7 Å². The van der Waals surface area contributed by atoms with Gasteiger partial charge in [-0.25, -0.2) is 4.79 Å². The van der Waals surface area contributed by atoms with Crippen molar-refractivity contribution in [3.8, 4) is 0 Å². The van der Waals surface area contributed by atoms with Crippen LogP contribution in [0.25, 0.3) is 0 Å². The van der Waals surface area contributed by atoms with Crippen molar-refractivity contribution in [2.75, 3.05) is 11.9 Å². The molecule has 0 unspecified atom stereocenters. The van der Waals surface area contributed by atoms with Crippen LogP contribution in [0.1, 0.15) is 11.1 Å². The summed E-state index contributed by atoms with van der Waals surface area (Å²) >= 11 is 5.85. The second-order valence-corrected chi connectivity index (χ2v) is 5.05. The molecule has 2 amide bonds. The Bertz CT molecular complexity index is 599. The maximum absolute atomic E-state index is 11.7. The highest BCUT2D eigenvalue weighted by atomic mass is 35.5. The van der Waals surface area contributed by atoms with Gasteiger partial charge in [-0.15, -0.1) is 0 Å². The standard InChI is InChI=1S/C16H17ClN2O2/c17-14-2-1-3-15(10-14)19-16(21)18-9-8-12-4-6-13(11-20)7-5-12/h1-7,10,20H,8-9,11H2,(H2,18,19,21). The van der Waals surface area contributed by atoms with Gasteiger partial charge in [0, 0.05) is 17.3 Å². The number of hydrogen-bond donors (Lipinski definition) is 3. The lowest BCUT2D eigenvalue weighted by Gasteiger charge is -2.08. The van der Waals surface area contributed by atoms with Gasteiger partial charge in [0.05, 0.1) is 6.61 Å². The topological polar surface area (TPSA) is 61.4 Å². The molecule has 110 valence electrons. The lowest BCUT2D eigenvalue weighted by Crippen LogP contribution is -2.30. The molecule has 0 heterocycles. The molecule has 0 saturated heterocycles. The summed E-state index contributed by atoms with van der Waals surface area (Å²) in [5.74, 6) is 0. The molecule has 0 fully saturated rings. The number of carbonyl (C=O) groups excluding carboxylic acids is 1. The lowest BCUT2D eigenvalue weighted by atomic mass is 10.1. The van der Waals surface area contributed by atoms with Gasteiger partial charge in [-0.05, 0) is 35.7 Å². The van der Waals surface area contributed by atoms with Crippen molar-refractivity contribution >= 4 is 23.3 Å². The van der Waals surface area contributed by atoms with E-state index in [1.165, 1.54) is 0 Å². The molecule has 4 nitrogen and oxygen atoms in total. The van der Waals surface area contributed by atoms with Gasteiger partial charge < -0.3 is 15.7 Å². The van der Waals surface area contributed by atoms with Crippen molar-refractivity contribution in [3.63, 3.8) is 0 Å². The fraction of sp³-hybridized carbons (Fsp3) is 0.188. The highest BCUT2D eigenvalue weighted by molar-refractivity contribution is 6.30. The Morgan fingerprint density at radius 3 is 2.48 bits per heavy atom. The van der Waals surface area contributed by atoms with Gasteiger partial charge in [0.25, 0.3) is 0 Å². The van der Waals surface area contributed by atoms with Gasteiger partial charge in [0.1, 0.15) is 0 Å². The summed E-state index contributed by atoms with van der Waals surface area (Å²) < 4.78 is 0. The van der Waals surface area contributed by atoms with Crippen LogP contribution in [0.15, 0.2) is 48.5 Å². The molecular weight excluding hydrogens is 288 g/mol. The van der Waals surface area contributed by atoms with E-state index < -0.39 is 0 Å². The maximum atomic E-state index is 11.7. The highest BCUT2D eigenvalue weighted by Gasteiger charge is 2.02. The van der Waals surface area contributed by atoms with Gasteiger partial charge in [-0.3, -0.25) is 0 Å². The molecule has 0 aliphatic heterocycles. The minimum Gasteiger partial charge on any atom is -0.392 e. The van der Waals surface area contributed by atoms with Crippen LogP contribution in [0.5, 0.6) is 0 Å². The van der Waals surface area contributed by atoms with Crippen molar-refractivity contribution in [2.24, 2.45) is 0 Å². The number of aliphatic hydroxyl groups excluding tert-OH is 1. The van der Waals surface area contributed by atoms with E-state index in [2.05, 4.69) is 10.6 Å². The second-order valence-electron chi connectivity index (χ2n) is 4.62. The Morgan fingerprint density at radius 1 is 1.10 bits per heavy atom. The molecule has 0 bridgehead atoms. The molecule has 0 saturated carbocycles. The Morgan fingerprint density at radius 2 is 1.81 bits per heavy atom. The molecule has 0 aromatic heterocycles. The Balaban J connectivity index is 1.76. The summed E-state index contributed by atoms with van der Waals surface area (Å²) in [4.78, 5) is 11.7. The van der Waals surface area contributed by atoms with Gasteiger partial charge in [-0.2, -0.15) is 0 Å². The van der Waals surface area contributed by atoms with Crippen LogP contribution in [0.4, 0.5) is 10.5 Å². The van der Waals surface area contributed by atoms with E-state index in [0.29, 0.717) is 17.3 Å². The van der Waals surface area contributed by atoms with Crippen LogP contribution >= 0.6 is 11.6 Å². The molecule has 21 heavy (non-hydrogen) atoms. The SMILES string of the molecule is O=C(NCCc1ccc(CO)cc1)Nc1cccc(Cl)c1. The molecular formula is C16H17ClN2O2. The first kappa shape index (κ1) is 15.4. The minimum atomic E-state index is -0.260. The Kier molecular flexibility index (Phi) is 5.60. The number of halogens is 1. The molecule has 3 N–H and O–H groups in total. The molecule has 2 aromatic carbocycles. The third-order valence-corrected chi connectivity index (χ3v) is 3.22. The average Bonchev–Trinajstić information content (AvgIpc) is 2.48. The predicted molar refractivity (Wildman–Crippen MR) is 84.5 cm³/mol. The number of hydrogen-bond acceptors (Lipinski definition) is 2. The maximum Gasteiger partial charge on any atom is 0.319 e. The number of carbonyl (C=O) groups is 1. The van der Waals surface area contributed by atoms with E-state index in [0.717, 1.165) is 17.5 Å². The number of urea groups is 1. The van der Waals surface area contributed by atoms with Gasteiger partial charge >= 0.3 is 6.03 Å². The van der Waals surface area contributed by atoms with Crippen LogP contribution in [0, 0.1) is 0 Å². The average molecular weight is 305 g/mol. The van der Waals surface area contributed by atoms with Crippen molar-refractivity contribution < 1.29 is 9.90 Å². The lowest BCUT2D eigenvalue weighted by molar-refractivity contribution is 0.252. The molecule has 0 spiro atoms. The number of rotatable bonds is 5. The quantitative estimate of drug-likeness (QED) is 0.794. The summed E-state index contributed by atoms with van der Waals surface area (Å²) in [6.45, 7) is 0.575. The first-order valence-corrected chi connectivity index (χ1v) is 7.04. The summed E-state index contributed by atoms with van der Waals surface area (Å²) in [6, 6.07) is 14.4. The van der Waals surface area contributed by atoms with Crippen molar-refractivity contribution in [1.29, 1.82) is 0 Å². The zero-order chi connectivity index (χ0) is 15.1. The van der Waals surface area contributed by atoms with Gasteiger partial charge in [0.2, 0.25) is 0 Å². The number of anilines is 1. The third kappa shape index (κ3) is 5.10. The van der Waals surface area contributed by atoms with Gasteiger partial charge in [-0.1, -0.05) is 41.9 Å². The smallest absolute Gasteiger partial charge is 0.319 e. The molecule has 2 aromatic rings. The zero-order valence-electron chi connectivity index (χ0n) is 11.5. The molecule has 0 aliphatic rings. The van der Waals surface area contributed by atoms with Crippen molar-refractivity contribution in [1.82, 2.24) is 5.32 Å². The van der Waals surface area contributed by atoms with E-state index in [-0.39, 0.29) is 12.6 Å². The largest absolute Gasteiger partial charge is 0.392 e. The zero-order valence-corrected chi connectivity index (χ0v) is 12.2. The fourth-order valence-electron chi connectivity index (χ4n) is 1.87. The summed E-state index contributed by atoms with van der Waals surface area (Å²) in [5.41, 5.74) is 2.65. The minimum absolute atomic E-state index is 0.0422. The summed E-state index contributed by atoms with van der Waals surface area (Å²) in [7, 11) is 0. The Labute approximate surface area is 128 Å². The van der Waals surface area contributed by atoms with E-state index in [4.69, 9.17) is 16.7 Å². The predicted octanol–water partition coefficient (Wildman–Crippen LogP) is 3.20. The molecule has 2 rings (SSSR count). The Hall–Kier alpha value is -2.04. The molecule has 0 atom stereocenters. The highest BCUT2D eigenvalue weighted by Crippen LogP contribution is 2.14. The first-order chi connectivity index (χ1) is 10.2. The molecule has 5 heteroatoms. The number of aliphatic hydroxyl groups is 1. The normalized spacial score (nSPS) is 10.2.